The number of rotatable bonds is 4. The van der Waals surface area contributed by atoms with E-state index in [-0.39, 0.29) is 5.91 Å². The predicted molar refractivity (Wildman–Crippen MR) is 64.0 cm³/mol. The number of benzene rings is 1. The van der Waals surface area contributed by atoms with Crippen molar-refractivity contribution in [1.82, 2.24) is 5.32 Å². The summed E-state index contributed by atoms with van der Waals surface area (Å²) in [5.74, 6) is -0.927. The number of nitrogens with one attached hydrogen (secondary N) is 1. The molecule has 94 valence electrons. The van der Waals surface area contributed by atoms with Crippen molar-refractivity contribution in [3.05, 3.63) is 35.9 Å². The van der Waals surface area contributed by atoms with E-state index in [2.05, 4.69) is 5.32 Å². The van der Waals surface area contributed by atoms with Crippen LogP contribution in [0.5, 0.6) is 0 Å². The highest BCUT2D eigenvalue weighted by atomic mass is 32.2. The number of hydrogen-bond donors (Lipinski definition) is 2. The maximum Gasteiger partial charge on any atom is 0.267 e. The van der Waals surface area contributed by atoms with E-state index in [0.717, 1.165) is 0 Å². The van der Waals surface area contributed by atoms with Crippen molar-refractivity contribution in [3.63, 3.8) is 0 Å². The Morgan fingerprint density at radius 3 is 2.29 bits per heavy atom. The van der Waals surface area contributed by atoms with Crippen LogP contribution in [0.4, 0.5) is 0 Å². The second kappa shape index (κ2) is 4.85. The zero-order chi connectivity index (χ0) is 13.1. The quantitative estimate of drug-likeness (QED) is 0.786. The van der Waals surface area contributed by atoms with Gasteiger partial charge in [-0.1, -0.05) is 30.3 Å². The summed E-state index contributed by atoms with van der Waals surface area (Å²) in [6.07, 6.45) is 0. The molecule has 17 heavy (non-hydrogen) atoms. The van der Waals surface area contributed by atoms with Crippen LogP contribution in [0.2, 0.25) is 0 Å². The molecule has 0 aliphatic carbocycles. The third-order valence-electron chi connectivity index (χ3n) is 2.33. The van der Waals surface area contributed by atoms with Gasteiger partial charge in [-0.2, -0.15) is 8.42 Å². The Bertz CT molecular complexity index is 497. The second-order valence-corrected chi connectivity index (χ2v) is 5.56. The minimum atomic E-state index is -4.19. The average Bonchev–Trinajstić information content (AvgIpc) is 2.14. The highest BCUT2D eigenvalue weighted by molar-refractivity contribution is 7.85. The summed E-state index contributed by atoms with van der Waals surface area (Å²) in [5, 5.41) is 2.55. The zero-order valence-electron chi connectivity index (χ0n) is 9.67. The van der Waals surface area contributed by atoms with Crippen LogP contribution in [0.3, 0.4) is 0 Å². The van der Waals surface area contributed by atoms with Crippen LogP contribution >= 0.6 is 0 Å². The van der Waals surface area contributed by atoms with Gasteiger partial charge in [0.25, 0.3) is 10.1 Å². The van der Waals surface area contributed by atoms with Gasteiger partial charge in [0, 0.05) is 6.92 Å². The summed E-state index contributed by atoms with van der Waals surface area (Å²) in [6, 6.07) is 8.64. The lowest BCUT2D eigenvalue weighted by Crippen LogP contribution is -2.47. The second-order valence-electron chi connectivity index (χ2n) is 4.11. The summed E-state index contributed by atoms with van der Waals surface area (Å²) < 4.78 is 31.0. The third-order valence-corrected chi connectivity index (χ3v) is 3.28. The van der Waals surface area contributed by atoms with Crippen LogP contribution in [-0.4, -0.2) is 24.6 Å². The Kier molecular flexibility index (Phi) is 3.90. The van der Waals surface area contributed by atoms with Crippen LogP contribution in [0, 0.1) is 0 Å². The van der Waals surface area contributed by atoms with E-state index in [1.807, 2.05) is 0 Å². The number of carbonyl (C=O) groups is 1. The van der Waals surface area contributed by atoms with Gasteiger partial charge in [0.15, 0.2) is 0 Å². The molecule has 0 aliphatic heterocycles. The van der Waals surface area contributed by atoms with E-state index in [1.54, 1.807) is 37.3 Å². The fourth-order valence-electron chi connectivity index (χ4n) is 1.75. The van der Waals surface area contributed by atoms with E-state index in [1.165, 1.54) is 6.92 Å². The molecule has 0 heterocycles. The SMILES string of the molecule is CC(=O)NC(C)(CS(=O)(=O)O)c1ccccc1. The number of hydrogen-bond acceptors (Lipinski definition) is 3. The van der Waals surface area contributed by atoms with Gasteiger partial charge >= 0.3 is 0 Å². The minimum Gasteiger partial charge on any atom is -0.346 e. The van der Waals surface area contributed by atoms with Crippen molar-refractivity contribution in [1.29, 1.82) is 0 Å². The van der Waals surface area contributed by atoms with Crippen LogP contribution in [0.1, 0.15) is 19.4 Å². The lowest BCUT2D eigenvalue weighted by atomic mass is 9.94. The van der Waals surface area contributed by atoms with Crippen LogP contribution < -0.4 is 5.32 Å². The Balaban J connectivity index is 3.15. The molecule has 1 aromatic carbocycles. The summed E-state index contributed by atoms with van der Waals surface area (Å²) in [4.78, 5) is 11.1. The minimum absolute atomic E-state index is 0.361. The molecule has 0 saturated heterocycles. The van der Waals surface area contributed by atoms with Crippen molar-refractivity contribution < 1.29 is 17.8 Å². The van der Waals surface area contributed by atoms with Gasteiger partial charge < -0.3 is 5.32 Å². The Labute approximate surface area is 101 Å². The Morgan fingerprint density at radius 2 is 1.88 bits per heavy atom. The Morgan fingerprint density at radius 1 is 1.35 bits per heavy atom. The largest absolute Gasteiger partial charge is 0.346 e. The molecule has 6 heteroatoms. The van der Waals surface area contributed by atoms with Gasteiger partial charge in [-0.15, -0.1) is 0 Å². The molecule has 2 N–H and O–H groups in total. The van der Waals surface area contributed by atoms with E-state index in [0.29, 0.717) is 5.56 Å². The first-order chi connectivity index (χ1) is 7.73. The topological polar surface area (TPSA) is 83.5 Å². The van der Waals surface area contributed by atoms with Crippen molar-refractivity contribution in [2.75, 3.05) is 5.75 Å². The molecule has 0 bridgehead atoms. The number of carbonyl (C=O) groups excluding carboxylic acids is 1. The van der Waals surface area contributed by atoms with Gasteiger partial charge in [-0.05, 0) is 12.5 Å². The van der Waals surface area contributed by atoms with Gasteiger partial charge in [0.2, 0.25) is 5.91 Å². The summed E-state index contributed by atoms with van der Waals surface area (Å²) in [7, 11) is -4.19. The molecule has 0 spiro atoms. The van der Waals surface area contributed by atoms with Crippen LogP contribution in [-0.2, 0) is 20.5 Å². The normalized spacial score (nSPS) is 15.0. The van der Waals surface area contributed by atoms with E-state index in [9.17, 15) is 13.2 Å². The van der Waals surface area contributed by atoms with E-state index in [4.69, 9.17) is 4.55 Å². The third kappa shape index (κ3) is 4.16. The summed E-state index contributed by atoms with van der Waals surface area (Å²) in [6.45, 7) is 2.85. The van der Waals surface area contributed by atoms with Gasteiger partial charge in [0.05, 0.1) is 5.54 Å². The van der Waals surface area contributed by atoms with Gasteiger partial charge in [0.1, 0.15) is 5.75 Å². The molecule has 0 aliphatic rings. The molecule has 0 radical (unpaired) electrons. The maximum absolute atomic E-state index is 11.1. The lowest BCUT2D eigenvalue weighted by molar-refractivity contribution is -0.120. The molecule has 1 aromatic rings. The van der Waals surface area contributed by atoms with Crippen molar-refractivity contribution in [3.8, 4) is 0 Å². The first kappa shape index (κ1) is 13.7. The van der Waals surface area contributed by atoms with Gasteiger partial charge in [-0.25, -0.2) is 0 Å². The monoisotopic (exact) mass is 257 g/mol. The van der Waals surface area contributed by atoms with Crippen molar-refractivity contribution in [2.45, 2.75) is 19.4 Å². The molecule has 0 fully saturated rings. The summed E-state index contributed by atoms with van der Waals surface area (Å²) >= 11 is 0. The molecule has 1 amide bonds. The van der Waals surface area contributed by atoms with Crippen molar-refractivity contribution >= 4 is 16.0 Å². The fourth-order valence-corrected chi connectivity index (χ4v) is 2.72. The highest BCUT2D eigenvalue weighted by Gasteiger charge is 2.32. The van der Waals surface area contributed by atoms with Crippen LogP contribution in [0.15, 0.2) is 30.3 Å². The molecular weight excluding hydrogens is 242 g/mol. The molecule has 0 saturated carbocycles. The molecule has 5 nitrogen and oxygen atoms in total. The molecule has 0 aromatic heterocycles. The van der Waals surface area contributed by atoms with Crippen molar-refractivity contribution in [2.24, 2.45) is 0 Å². The lowest BCUT2D eigenvalue weighted by Gasteiger charge is -2.29. The first-order valence-electron chi connectivity index (χ1n) is 5.02. The zero-order valence-corrected chi connectivity index (χ0v) is 10.5. The fraction of sp³-hybridized carbons (Fsp3) is 0.364. The smallest absolute Gasteiger partial charge is 0.267 e. The molecular formula is C11H15NO4S. The number of amides is 1. The van der Waals surface area contributed by atoms with E-state index >= 15 is 0 Å². The first-order valence-corrected chi connectivity index (χ1v) is 6.63. The predicted octanol–water partition coefficient (Wildman–Crippen LogP) is 0.926. The van der Waals surface area contributed by atoms with E-state index < -0.39 is 21.4 Å². The molecule has 1 rings (SSSR count). The summed E-state index contributed by atoms with van der Waals surface area (Å²) in [5.41, 5.74) is -0.520. The average molecular weight is 257 g/mol. The maximum atomic E-state index is 11.1. The standard InChI is InChI=1S/C11H15NO4S/c1-9(13)12-11(2,8-17(14,15)16)10-6-4-3-5-7-10/h3-7H,8H2,1-2H3,(H,12,13)(H,14,15,16). The molecule has 1 atom stereocenters. The van der Waals surface area contributed by atoms with Crippen LogP contribution in [0.25, 0.3) is 0 Å². The van der Waals surface area contributed by atoms with Gasteiger partial charge in [-0.3, -0.25) is 9.35 Å². The molecule has 1 unspecified atom stereocenters. The Hall–Kier alpha value is -1.40. The highest BCUT2D eigenvalue weighted by Crippen LogP contribution is 2.22.